The first-order valence-corrected chi connectivity index (χ1v) is 12.6. The van der Waals surface area contributed by atoms with Gasteiger partial charge in [-0.2, -0.15) is 0 Å². The molecule has 6 rings (SSSR count). The Hall–Kier alpha value is -4.03. The monoisotopic (exact) mass is 476 g/mol. The number of para-hydroxylation sites is 2. The number of aromatic nitrogens is 3. The molecule has 0 radical (unpaired) electrons. The molecule has 0 saturated carbocycles. The molecule has 3 aromatic carbocycles. The summed E-state index contributed by atoms with van der Waals surface area (Å²) in [5.41, 5.74) is 7.35. The number of carbonyl (C=O) groups excluding carboxylic acids is 1. The van der Waals surface area contributed by atoms with E-state index in [1.807, 2.05) is 42.5 Å². The Labute approximate surface area is 206 Å². The van der Waals surface area contributed by atoms with Gasteiger partial charge < -0.3 is 10.3 Å². The summed E-state index contributed by atoms with van der Waals surface area (Å²) >= 11 is 1.50. The summed E-state index contributed by atoms with van der Waals surface area (Å²) in [6, 6.07) is 26.7. The lowest BCUT2D eigenvalue weighted by molar-refractivity contribution is -0.116. The van der Waals surface area contributed by atoms with Gasteiger partial charge in [0.15, 0.2) is 5.13 Å². The highest BCUT2D eigenvalue weighted by Gasteiger charge is 2.16. The summed E-state index contributed by atoms with van der Waals surface area (Å²) < 4.78 is 1.07. The van der Waals surface area contributed by atoms with Crippen molar-refractivity contribution in [2.75, 3.05) is 5.32 Å². The number of hydrogen-bond acceptors (Lipinski definition) is 4. The maximum absolute atomic E-state index is 12.7. The maximum atomic E-state index is 12.7. The number of carbonyl (C=O) groups is 1. The standard InChI is InChI=1S/C29H24N4OS/c1-18-13-15-23-21(17-18)20(28(31-23)25-16-14-19-7-2-3-9-22(19)30-25)8-6-12-27(34)33-29-32-24-10-4-5-11-26(24)35-29/h2-5,7,9-11,13-17,31H,6,8,12H2,1H3,(H,32,33,34). The molecule has 0 bridgehead atoms. The number of nitrogens with one attached hydrogen (secondary N) is 2. The summed E-state index contributed by atoms with van der Waals surface area (Å²) in [7, 11) is 0. The molecule has 1 amide bonds. The fourth-order valence-electron chi connectivity index (χ4n) is 4.58. The molecule has 0 aliphatic rings. The molecule has 0 saturated heterocycles. The summed E-state index contributed by atoms with van der Waals surface area (Å²) in [5.74, 6) is -0.00884. The van der Waals surface area contributed by atoms with Crippen LogP contribution in [0.5, 0.6) is 0 Å². The fraction of sp³-hybridized carbons (Fsp3) is 0.138. The summed E-state index contributed by atoms with van der Waals surface area (Å²) in [4.78, 5) is 25.7. The fourth-order valence-corrected chi connectivity index (χ4v) is 5.46. The Balaban J connectivity index is 1.25. The van der Waals surface area contributed by atoms with E-state index in [1.54, 1.807) is 0 Å². The lowest BCUT2D eigenvalue weighted by Crippen LogP contribution is -2.11. The second-order valence-electron chi connectivity index (χ2n) is 8.81. The smallest absolute Gasteiger partial charge is 0.226 e. The molecule has 3 heterocycles. The van der Waals surface area contributed by atoms with Crippen LogP contribution in [0, 0.1) is 6.92 Å². The van der Waals surface area contributed by atoms with Crippen molar-refractivity contribution in [3.63, 3.8) is 0 Å². The highest BCUT2D eigenvalue weighted by molar-refractivity contribution is 7.22. The third kappa shape index (κ3) is 4.29. The Kier molecular flexibility index (Phi) is 5.51. The van der Waals surface area contributed by atoms with Gasteiger partial charge in [0.1, 0.15) is 0 Å². The molecule has 0 spiro atoms. The Morgan fingerprint density at radius 1 is 0.943 bits per heavy atom. The van der Waals surface area contributed by atoms with E-state index in [0.29, 0.717) is 11.6 Å². The number of amides is 1. The van der Waals surface area contributed by atoms with E-state index < -0.39 is 0 Å². The molecule has 3 aromatic heterocycles. The van der Waals surface area contributed by atoms with Crippen LogP contribution >= 0.6 is 11.3 Å². The lowest BCUT2D eigenvalue weighted by Gasteiger charge is -2.07. The summed E-state index contributed by atoms with van der Waals surface area (Å²) in [5, 5.41) is 5.94. The minimum Gasteiger partial charge on any atom is -0.353 e. The first-order chi connectivity index (χ1) is 17.1. The number of H-pyrrole nitrogens is 1. The molecule has 0 aliphatic heterocycles. The topological polar surface area (TPSA) is 70.7 Å². The number of anilines is 1. The predicted octanol–water partition coefficient (Wildman–Crippen LogP) is 7.26. The minimum absolute atomic E-state index is 0.00884. The molecular formula is C29H24N4OS. The van der Waals surface area contributed by atoms with Crippen molar-refractivity contribution in [3.8, 4) is 11.4 Å². The SMILES string of the molecule is Cc1ccc2[nH]c(-c3ccc4ccccc4n3)c(CCCC(=O)Nc3nc4ccccc4s3)c2c1. The number of benzene rings is 3. The lowest BCUT2D eigenvalue weighted by atomic mass is 10.0. The number of pyridine rings is 1. The summed E-state index contributed by atoms with van der Waals surface area (Å²) in [6.45, 7) is 2.11. The van der Waals surface area contributed by atoms with Crippen molar-refractivity contribution in [2.24, 2.45) is 0 Å². The van der Waals surface area contributed by atoms with Gasteiger partial charge in [0.25, 0.3) is 0 Å². The van der Waals surface area contributed by atoms with Crippen LogP contribution in [0.15, 0.2) is 78.9 Å². The molecule has 0 unspecified atom stereocenters. The zero-order chi connectivity index (χ0) is 23.8. The maximum Gasteiger partial charge on any atom is 0.226 e. The Bertz CT molecular complexity index is 1660. The molecule has 0 aliphatic carbocycles. The molecule has 35 heavy (non-hydrogen) atoms. The van der Waals surface area contributed by atoms with E-state index in [0.717, 1.165) is 50.9 Å². The van der Waals surface area contributed by atoms with E-state index in [2.05, 4.69) is 58.6 Å². The number of hydrogen-bond donors (Lipinski definition) is 2. The van der Waals surface area contributed by atoms with Gasteiger partial charge >= 0.3 is 0 Å². The van der Waals surface area contributed by atoms with Crippen LogP contribution in [0.25, 0.3) is 43.4 Å². The van der Waals surface area contributed by atoms with Gasteiger partial charge in [0.05, 0.1) is 27.1 Å². The van der Waals surface area contributed by atoms with Crippen LogP contribution in [0.4, 0.5) is 5.13 Å². The largest absolute Gasteiger partial charge is 0.353 e. The molecule has 0 fully saturated rings. The Morgan fingerprint density at radius 2 is 1.77 bits per heavy atom. The van der Waals surface area contributed by atoms with Crippen molar-refractivity contribution >= 4 is 54.4 Å². The third-order valence-corrected chi connectivity index (χ3v) is 7.24. The normalized spacial score (nSPS) is 11.5. The molecular weight excluding hydrogens is 452 g/mol. The zero-order valence-corrected chi connectivity index (χ0v) is 20.2. The van der Waals surface area contributed by atoms with Crippen molar-refractivity contribution in [1.82, 2.24) is 15.0 Å². The van der Waals surface area contributed by atoms with E-state index >= 15 is 0 Å². The van der Waals surface area contributed by atoms with Crippen LogP contribution in [-0.2, 0) is 11.2 Å². The highest BCUT2D eigenvalue weighted by Crippen LogP contribution is 2.32. The van der Waals surface area contributed by atoms with Crippen LogP contribution < -0.4 is 5.32 Å². The third-order valence-electron chi connectivity index (χ3n) is 6.29. The number of aromatic amines is 1. The van der Waals surface area contributed by atoms with Gasteiger partial charge in [0, 0.05) is 22.7 Å². The minimum atomic E-state index is -0.00884. The molecule has 5 nitrogen and oxygen atoms in total. The van der Waals surface area contributed by atoms with E-state index in [-0.39, 0.29) is 5.91 Å². The predicted molar refractivity (Wildman–Crippen MR) is 145 cm³/mol. The highest BCUT2D eigenvalue weighted by atomic mass is 32.1. The number of aryl methyl sites for hydroxylation is 2. The van der Waals surface area contributed by atoms with Gasteiger partial charge in [-0.1, -0.05) is 59.4 Å². The molecule has 172 valence electrons. The van der Waals surface area contributed by atoms with E-state index in [1.165, 1.54) is 27.8 Å². The zero-order valence-electron chi connectivity index (χ0n) is 19.3. The van der Waals surface area contributed by atoms with Crippen LogP contribution in [0.3, 0.4) is 0 Å². The molecule has 6 heteroatoms. The second kappa shape index (κ2) is 8.96. The van der Waals surface area contributed by atoms with Crippen LogP contribution in [0.1, 0.15) is 24.0 Å². The Morgan fingerprint density at radius 3 is 2.66 bits per heavy atom. The molecule has 0 atom stereocenters. The number of fused-ring (bicyclic) bond motifs is 3. The quantitative estimate of drug-likeness (QED) is 0.266. The number of nitrogens with zero attached hydrogens (tertiary/aromatic N) is 2. The number of thiazole rings is 1. The first-order valence-electron chi connectivity index (χ1n) is 11.8. The molecule has 2 N–H and O–H groups in total. The van der Waals surface area contributed by atoms with Crippen LogP contribution in [0.2, 0.25) is 0 Å². The molecule has 6 aromatic rings. The first kappa shape index (κ1) is 21.5. The average molecular weight is 477 g/mol. The van der Waals surface area contributed by atoms with Gasteiger partial charge in [0.2, 0.25) is 5.91 Å². The van der Waals surface area contributed by atoms with Gasteiger partial charge in [-0.3, -0.25) is 4.79 Å². The van der Waals surface area contributed by atoms with Gasteiger partial charge in [-0.05, 0) is 61.7 Å². The van der Waals surface area contributed by atoms with E-state index in [4.69, 9.17) is 4.98 Å². The van der Waals surface area contributed by atoms with Gasteiger partial charge in [-0.15, -0.1) is 0 Å². The average Bonchev–Trinajstić information content (AvgIpc) is 3.44. The van der Waals surface area contributed by atoms with Crippen molar-refractivity contribution in [3.05, 3.63) is 90.0 Å². The van der Waals surface area contributed by atoms with E-state index in [9.17, 15) is 4.79 Å². The van der Waals surface area contributed by atoms with Crippen molar-refractivity contribution in [1.29, 1.82) is 0 Å². The van der Waals surface area contributed by atoms with Crippen LogP contribution in [-0.4, -0.2) is 20.9 Å². The van der Waals surface area contributed by atoms with Crippen molar-refractivity contribution in [2.45, 2.75) is 26.2 Å². The van der Waals surface area contributed by atoms with Crippen molar-refractivity contribution < 1.29 is 4.79 Å². The number of rotatable bonds is 6. The van der Waals surface area contributed by atoms with Gasteiger partial charge in [-0.25, -0.2) is 9.97 Å². The second-order valence-corrected chi connectivity index (χ2v) is 9.84. The summed E-state index contributed by atoms with van der Waals surface area (Å²) in [6.07, 6.45) is 1.94.